The van der Waals surface area contributed by atoms with E-state index in [0.29, 0.717) is 55.1 Å². The van der Waals surface area contributed by atoms with E-state index in [-0.39, 0.29) is 12.5 Å². The fraction of sp³-hybridized carbons (Fsp3) is 0.389. The minimum absolute atomic E-state index is 0.142. The van der Waals surface area contributed by atoms with E-state index in [9.17, 15) is 4.79 Å². The maximum Gasteiger partial charge on any atom is 0.238 e. The number of benzene rings is 1. The molecule has 0 radical (unpaired) electrons. The van der Waals surface area contributed by atoms with Crippen molar-refractivity contribution in [3.63, 3.8) is 0 Å². The molecule has 2 heterocycles. The lowest BCUT2D eigenvalue weighted by Crippen LogP contribution is -2.35. The lowest BCUT2D eigenvalue weighted by molar-refractivity contribution is -0.117. The van der Waals surface area contributed by atoms with Crippen molar-refractivity contribution in [2.24, 2.45) is 0 Å². The molecule has 0 spiro atoms. The second-order valence-electron chi connectivity index (χ2n) is 5.81. The van der Waals surface area contributed by atoms with E-state index in [1.54, 1.807) is 30.6 Å². The molecule has 0 unspecified atom stereocenters. The second-order valence-corrected chi connectivity index (χ2v) is 7.25. The van der Waals surface area contributed by atoms with Gasteiger partial charge in [-0.15, -0.1) is 11.3 Å². The number of fused-ring (bicyclic) bond motifs is 1. The number of nitrogens with zero attached hydrogens (tertiary/aromatic N) is 1. The zero-order valence-corrected chi connectivity index (χ0v) is 16.1. The van der Waals surface area contributed by atoms with Gasteiger partial charge in [-0.05, 0) is 11.4 Å². The molecule has 3 rings (SSSR count). The SMILES string of the molecule is COCCN(CC(=O)Nc1cc2c(cc1Cl)OCCO2)Cc1cccs1. The minimum Gasteiger partial charge on any atom is -0.486 e. The predicted molar refractivity (Wildman–Crippen MR) is 103 cm³/mol. The highest BCUT2D eigenvalue weighted by atomic mass is 35.5. The number of anilines is 1. The largest absolute Gasteiger partial charge is 0.486 e. The van der Waals surface area contributed by atoms with Crippen molar-refractivity contribution in [3.05, 3.63) is 39.5 Å². The van der Waals surface area contributed by atoms with E-state index >= 15 is 0 Å². The maximum absolute atomic E-state index is 12.5. The molecule has 0 saturated heterocycles. The monoisotopic (exact) mass is 396 g/mol. The molecule has 1 aromatic heterocycles. The first-order valence-electron chi connectivity index (χ1n) is 8.28. The molecular formula is C18H21ClN2O4S. The fourth-order valence-electron chi connectivity index (χ4n) is 2.61. The average Bonchev–Trinajstić information content (AvgIpc) is 3.13. The molecule has 0 bridgehead atoms. The van der Waals surface area contributed by atoms with Crippen LogP contribution < -0.4 is 14.8 Å². The van der Waals surface area contributed by atoms with Crippen LogP contribution in [0.3, 0.4) is 0 Å². The Hall–Kier alpha value is -1.80. The van der Waals surface area contributed by atoms with Crippen molar-refractivity contribution in [1.82, 2.24) is 4.90 Å². The minimum atomic E-state index is -0.142. The molecule has 26 heavy (non-hydrogen) atoms. The number of carbonyl (C=O) groups excluding carboxylic acids is 1. The van der Waals surface area contributed by atoms with Gasteiger partial charge in [0.05, 0.1) is 23.9 Å². The van der Waals surface area contributed by atoms with Gasteiger partial charge in [0.1, 0.15) is 13.2 Å². The molecule has 1 aromatic carbocycles. The molecule has 1 N–H and O–H groups in total. The summed E-state index contributed by atoms with van der Waals surface area (Å²) in [6.07, 6.45) is 0. The second kappa shape index (κ2) is 9.23. The van der Waals surface area contributed by atoms with Gasteiger partial charge in [0.2, 0.25) is 5.91 Å². The zero-order valence-electron chi connectivity index (χ0n) is 14.5. The highest BCUT2D eigenvalue weighted by Crippen LogP contribution is 2.37. The van der Waals surface area contributed by atoms with Gasteiger partial charge in [0, 0.05) is 37.2 Å². The summed E-state index contributed by atoms with van der Waals surface area (Å²) in [6.45, 7) is 3.13. The van der Waals surface area contributed by atoms with Gasteiger partial charge in [-0.25, -0.2) is 0 Å². The average molecular weight is 397 g/mol. The summed E-state index contributed by atoms with van der Waals surface area (Å²) in [5.41, 5.74) is 0.517. The third-order valence-electron chi connectivity index (χ3n) is 3.84. The molecule has 2 aromatic rings. The lowest BCUT2D eigenvalue weighted by Gasteiger charge is -2.22. The number of nitrogens with one attached hydrogen (secondary N) is 1. The first-order chi connectivity index (χ1) is 12.7. The molecule has 140 valence electrons. The van der Waals surface area contributed by atoms with Crippen molar-refractivity contribution in [2.75, 3.05) is 45.3 Å². The molecule has 6 nitrogen and oxygen atoms in total. The smallest absolute Gasteiger partial charge is 0.238 e. The standard InChI is InChI=1S/C18H21ClN2O4S/c1-23-5-4-21(11-13-3-2-8-26-13)12-18(22)20-15-10-17-16(9-14(15)19)24-6-7-25-17/h2-3,8-10H,4-7,11-12H2,1H3,(H,20,22). The van der Waals surface area contributed by atoms with Crippen molar-refractivity contribution < 1.29 is 19.0 Å². The molecule has 0 atom stereocenters. The summed E-state index contributed by atoms with van der Waals surface area (Å²) in [7, 11) is 1.65. The Morgan fingerprint density at radius 1 is 1.35 bits per heavy atom. The zero-order chi connectivity index (χ0) is 18.4. The van der Waals surface area contributed by atoms with Crippen LogP contribution in [0.5, 0.6) is 11.5 Å². The van der Waals surface area contributed by atoms with Crippen molar-refractivity contribution in [1.29, 1.82) is 0 Å². The Kier molecular flexibility index (Phi) is 6.73. The summed E-state index contributed by atoms with van der Waals surface area (Å²) in [6, 6.07) is 7.43. The normalized spacial score (nSPS) is 13.0. The number of methoxy groups -OCH3 is 1. The molecular weight excluding hydrogens is 376 g/mol. The van der Waals surface area contributed by atoms with Gasteiger partial charge in [-0.2, -0.15) is 0 Å². The number of ether oxygens (including phenoxy) is 3. The number of hydrogen-bond acceptors (Lipinski definition) is 6. The van der Waals surface area contributed by atoms with Crippen LogP contribution in [0.25, 0.3) is 0 Å². The third-order valence-corrected chi connectivity index (χ3v) is 5.02. The Labute approximate surface area is 161 Å². The highest BCUT2D eigenvalue weighted by molar-refractivity contribution is 7.09. The highest BCUT2D eigenvalue weighted by Gasteiger charge is 2.18. The van der Waals surface area contributed by atoms with Gasteiger partial charge in [0.25, 0.3) is 0 Å². The van der Waals surface area contributed by atoms with Crippen LogP contribution in [0.2, 0.25) is 5.02 Å². The Morgan fingerprint density at radius 3 is 2.81 bits per heavy atom. The summed E-state index contributed by atoms with van der Waals surface area (Å²) in [4.78, 5) is 15.8. The number of rotatable bonds is 8. The predicted octanol–water partition coefficient (Wildman–Crippen LogP) is 3.26. The van der Waals surface area contributed by atoms with Crippen LogP contribution in [-0.2, 0) is 16.1 Å². The van der Waals surface area contributed by atoms with Crippen LogP contribution in [0.15, 0.2) is 29.6 Å². The van der Waals surface area contributed by atoms with Gasteiger partial charge in [-0.3, -0.25) is 9.69 Å². The topological polar surface area (TPSA) is 60.0 Å². The molecule has 1 amide bonds. The number of amides is 1. The number of thiophene rings is 1. The summed E-state index contributed by atoms with van der Waals surface area (Å²) < 4.78 is 16.2. The van der Waals surface area contributed by atoms with Crippen LogP contribution >= 0.6 is 22.9 Å². The van der Waals surface area contributed by atoms with Gasteiger partial charge in [0.15, 0.2) is 11.5 Å². The van der Waals surface area contributed by atoms with Gasteiger partial charge in [-0.1, -0.05) is 17.7 Å². The van der Waals surface area contributed by atoms with E-state index < -0.39 is 0 Å². The fourth-order valence-corrected chi connectivity index (χ4v) is 3.56. The molecule has 1 aliphatic heterocycles. The van der Waals surface area contributed by atoms with Gasteiger partial charge < -0.3 is 19.5 Å². The quantitative estimate of drug-likeness (QED) is 0.742. The summed E-state index contributed by atoms with van der Waals surface area (Å²) >= 11 is 7.93. The van der Waals surface area contributed by atoms with Crippen LogP contribution in [0.1, 0.15) is 4.88 Å². The third kappa shape index (κ3) is 5.11. The lowest BCUT2D eigenvalue weighted by atomic mass is 10.2. The Balaban J connectivity index is 1.64. The van der Waals surface area contributed by atoms with E-state index in [2.05, 4.69) is 11.4 Å². The van der Waals surface area contributed by atoms with E-state index in [0.717, 1.165) is 0 Å². The Bertz CT molecular complexity index is 739. The van der Waals surface area contributed by atoms with E-state index in [1.807, 2.05) is 16.3 Å². The molecule has 8 heteroatoms. The van der Waals surface area contributed by atoms with E-state index in [1.165, 1.54) is 4.88 Å². The van der Waals surface area contributed by atoms with Crippen LogP contribution in [0.4, 0.5) is 5.69 Å². The molecule has 0 aliphatic carbocycles. The van der Waals surface area contributed by atoms with E-state index in [4.69, 9.17) is 25.8 Å². The number of hydrogen-bond donors (Lipinski definition) is 1. The Morgan fingerprint density at radius 2 is 2.12 bits per heavy atom. The van der Waals surface area contributed by atoms with Crippen molar-refractivity contribution >= 4 is 34.5 Å². The van der Waals surface area contributed by atoms with Crippen molar-refractivity contribution in [2.45, 2.75) is 6.54 Å². The number of carbonyl (C=O) groups is 1. The maximum atomic E-state index is 12.5. The molecule has 0 saturated carbocycles. The van der Waals surface area contributed by atoms with Crippen LogP contribution in [0, 0.1) is 0 Å². The number of halogens is 1. The molecule has 1 aliphatic rings. The van der Waals surface area contributed by atoms with Crippen LogP contribution in [-0.4, -0.2) is 50.8 Å². The first kappa shape index (κ1) is 19.0. The summed E-state index contributed by atoms with van der Waals surface area (Å²) in [5.74, 6) is 1.04. The summed E-state index contributed by atoms with van der Waals surface area (Å²) in [5, 5.41) is 5.31. The first-order valence-corrected chi connectivity index (χ1v) is 9.54. The molecule has 0 fully saturated rings. The van der Waals surface area contributed by atoms with Crippen molar-refractivity contribution in [3.8, 4) is 11.5 Å². The van der Waals surface area contributed by atoms with Gasteiger partial charge >= 0.3 is 0 Å².